The van der Waals surface area contributed by atoms with Crippen LogP contribution in [0.2, 0.25) is 0 Å². The molecule has 0 amide bonds. The molecule has 94 valence electrons. The number of aromatic nitrogens is 2. The number of thiophene rings is 1. The standard InChI is InChI=1S/C12H13N3O2S/c1-8-3-4-9(18-8)7-13-11-6-5-10(14-15-11)12(16)17-2/h3-6H,7H2,1-2H3,(H,13,15). The first-order valence-corrected chi connectivity index (χ1v) is 6.22. The number of anilines is 1. The van der Waals surface area contributed by atoms with Crippen molar-refractivity contribution < 1.29 is 9.53 Å². The number of ether oxygens (including phenoxy) is 1. The number of hydrogen-bond donors (Lipinski definition) is 1. The van der Waals surface area contributed by atoms with Gasteiger partial charge in [0.1, 0.15) is 5.82 Å². The first-order valence-electron chi connectivity index (χ1n) is 5.40. The molecule has 0 aromatic carbocycles. The predicted octanol–water partition coefficient (Wildman–Crippen LogP) is 2.25. The summed E-state index contributed by atoms with van der Waals surface area (Å²) in [5, 5.41) is 10.8. The molecule has 0 atom stereocenters. The zero-order valence-electron chi connectivity index (χ0n) is 10.1. The number of aryl methyl sites for hydroxylation is 1. The van der Waals surface area contributed by atoms with E-state index >= 15 is 0 Å². The van der Waals surface area contributed by atoms with Crippen LogP contribution in [0.15, 0.2) is 24.3 Å². The second-order valence-corrected chi connectivity index (χ2v) is 5.03. The molecule has 2 aromatic rings. The van der Waals surface area contributed by atoms with Gasteiger partial charge in [0.25, 0.3) is 0 Å². The van der Waals surface area contributed by atoms with Gasteiger partial charge in [0.05, 0.1) is 13.7 Å². The number of carbonyl (C=O) groups is 1. The Bertz CT molecular complexity index is 537. The van der Waals surface area contributed by atoms with E-state index < -0.39 is 5.97 Å². The Morgan fingerprint density at radius 1 is 1.33 bits per heavy atom. The zero-order chi connectivity index (χ0) is 13.0. The summed E-state index contributed by atoms with van der Waals surface area (Å²) < 4.78 is 4.55. The van der Waals surface area contributed by atoms with E-state index in [1.54, 1.807) is 23.5 Å². The first-order chi connectivity index (χ1) is 8.69. The van der Waals surface area contributed by atoms with Crippen LogP contribution in [0.25, 0.3) is 0 Å². The van der Waals surface area contributed by atoms with Gasteiger partial charge in [-0.3, -0.25) is 0 Å². The molecular weight excluding hydrogens is 250 g/mol. The maximum Gasteiger partial charge on any atom is 0.358 e. The summed E-state index contributed by atoms with van der Waals surface area (Å²) in [7, 11) is 1.31. The molecule has 0 bridgehead atoms. The fourth-order valence-corrected chi connectivity index (χ4v) is 2.23. The van der Waals surface area contributed by atoms with Crippen molar-refractivity contribution in [3.8, 4) is 0 Å². The van der Waals surface area contributed by atoms with Crippen LogP contribution in [0.5, 0.6) is 0 Å². The summed E-state index contributed by atoms with van der Waals surface area (Å²) in [5.74, 6) is 0.150. The van der Waals surface area contributed by atoms with Gasteiger partial charge in [-0.05, 0) is 31.2 Å². The number of carbonyl (C=O) groups excluding carboxylic acids is 1. The molecule has 0 aliphatic heterocycles. The highest BCUT2D eigenvalue weighted by molar-refractivity contribution is 7.11. The maximum atomic E-state index is 11.2. The molecule has 1 N–H and O–H groups in total. The lowest BCUT2D eigenvalue weighted by molar-refractivity contribution is 0.0593. The molecule has 5 nitrogen and oxygen atoms in total. The van der Waals surface area contributed by atoms with Gasteiger partial charge < -0.3 is 10.1 Å². The van der Waals surface area contributed by atoms with E-state index in [0.717, 1.165) is 0 Å². The van der Waals surface area contributed by atoms with Gasteiger partial charge in [0.2, 0.25) is 0 Å². The molecule has 0 saturated heterocycles. The Kier molecular flexibility index (Phi) is 3.88. The maximum absolute atomic E-state index is 11.2. The van der Waals surface area contributed by atoms with Gasteiger partial charge in [0, 0.05) is 9.75 Å². The van der Waals surface area contributed by atoms with Crippen molar-refractivity contribution in [2.45, 2.75) is 13.5 Å². The summed E-state index contributed by atoms with van der Waals surface area (Å²) in [5.41, 5.74) is 0.204. The third-order valence-corrected chi connectivity index (χ3v) is 3.30. The fourth-order valence-electron chi connectivity index (χ4n) is 1.40. The second kappa shape index (κ2) is 5.59. The summed E-state index contributed by atoms with van der Waals surface area (Å²) in [6.07, 6.45) is 0. The lowest BCUT2D eigenvalue weighted by Crippen LogP contribution is -2.07. The Hall–Kier alpha value is -1.95. The molecule has 6 heteroatoms. The highest BCUT2D eigenvalue weighted by atomic mass is 32.1. The van der Waals surface area contributed by atoms with Crippen molar-refractivity contribution in [3.05, 3.63) is 39.7 Å². The second-order valence-electron chi connectivity index (χ2n) is 3.66. The molecular formula is C12H13N3O2S. The van der Waals surface area contributed by atoms with E-state index in [2.05, 4.69) is 39.3 Å². The van der Waals surface area contributed by atoms with Gasteiger partial charge >= 0.3 is 5.97 Å². The number of esters is 1. The largest absolute Gasteiger partial charge is 0.464 e. The predicted molar refractivity (Wildman–Crippen MR) is 69.8 cm³/mol. The minimum Gasteiger partial charge on any atom is -0.464 e. The topological polar surface area (TPSA) is 64.1 Å². The van der Waals surface area contributed by atoms with E-state index in [1.807, 2.05) is 0 Å². The SMILES string of the molecule is COC(=O)c1ccc(NCc2ccc(C)s2)nn1. The number of hydrogen-bond acceptors (Lipinski definition) is 6. The van der Waals surface area contributed by atoms with Gasteiger partial charge in [-0.1, -0.05) is 0 Å². The number of rotatable bonds is 4. The summed E-state index contributed by atoms with van der Waals surface area (Å²) in [4.78, 5) is 13.7. The van der Waals surface area contributed by atoms with Crippen LogP contribution < -0.4 is 5.32 Å². The minimum absolute atomic E-state index is 0.204. The van der Waals surface area contributed by atoms with Crippen LogP contribution in [-0.2, 0) is 11.3 Å². The van der Waals surface area contributed by atoms with Crippen molar-refractivity contribution in [1.29, 1.82) is 0 Å². The summed E-state index contributed by atoms with van der Waals surface area (Å²) in [6.45, 7) is 2.77. The first kappa shape index (κ1) is 12.5. The highest BCUT2D eigenvalue weighted by Gasteiger charge is 2.07. The van der Waals surface area contributed by atoms with Gasteiger partial charge in [-0.15, -0.1) is 21.5 Å². The highest BCUT2D eigenvalue weighted by Crippen LogP contribution is 2.16. The van der Waals surface area contributed by atoms with Crippen molar-refractivity contribution >= 4 is 23.1 Å². The van der Waals surface area contributed by atoms with E-state index in [-0.39, 0.29) is 5.69 Å². The molecule has 2 rings (SSSR count). The number of nitrogens with zero attached hydrogens (tertiary/aromatic N) is 2. The van der Waals surface area contributed by atoms with Crippen LogP contribution in [0.4, 0.5) is 5.82 Å². The molecule has 18 heavy (non-hydrogen) atoms. The molecule has 0 radical (unpaired) electrons. The summed E-state index contributed by atoms with van der Waals surface area (Å²) >= 11 is 1.73. The van der Waals surface area contributed by atoms with Crippen LogP contribution in [0.1, 0.15) is 20.2 Å². The molecule has 0 fully saturated rings. The van der Waals surface area contributed by atoms with E-state index in [4.69, 9.17) is 0 Å². The van der Waals surface area contributed by atoms with Crippen LogP contribution >= 0.6 is 11.3 Å². The van der Waals surface area contributed by atoms with E-state index in [0.29, 0.717) is 12.4 Å². The van der Waals surface area contributed by atoms with E-state index in [9.17, 15) is 4.79 Å². The quantitative estimate of drug-likeness (QED) is 0.857. The zero-order valence-corrected chi connectivity index (χ0v) is 11.0. The molecule has 2 aromatic heterocycles. The molecule has 0 aliphatic carbocycles. The average Bonchev–Trinajstić information content (AvgIpc) is 2.82. The normalized spacial score (nSPS) is 10.1. The molecule has 0 saturated carbocycles. The fraction of sp³-hybridized carbons (Fsp3) is 0.250. The third-order valence-electron chi connectivity index (χ3n) is 2.30. The van der Waals surface area contributed by atoms with Crippen LogP contribution in [-0.4, -0.2) is 23.3 Å². The third kappa shape index (κ3) is 3.04. The lowest BCUT2D eigenvalue weighted by atomic mass is 10.4. The Balaban J connectivity index is 1.96. The molecule has 2 heterocycles. The Morgan fingerprint density at radius 3 is 2.72 bits per heavy atom. The Labute approximate surface area is 109 Å². The molecule has 0 spiro atoms. The summed E-state index contributed by atoms with van der Waals surface area (Å²) in [6, 6.07) is 7.44. The average molecular weight is 263 g/mol. The smallest absolute Gasteiger partial charge is 0.358 e. The van der Waals surface area contributed by atoms with Crippen molar-refractivity contribution in [2.24, 2.45) is 0 Å². The molecule has 0 aliphatic rings. The number of nitrogens with one attached hydrogen (secondary N) is 1. The molecule has 0 unspecified atom stereocenters. The van der Waals surface area contributed by atoms with Gasteiger partial charge in [-0.25, -0.2) is 4.79 Å². The van der Waals surface area contributed by atoms with Crippen molar-refractivity contribution in [3.63, 3.8) is 0 Å². The number of methoxy groups -OCH3 is 1. The Morgan fingerprint density at radius 2 is 2.17 bits per heavy atom. The van der Waals surface area contributed by atoms with Crippen LogP contribution in [0.3, 0.4) is 0 Å². The van der Waals surface area contributed by atoms with E-state index in [1.165, 1.54) is 16.9 Å². The minimum atomic E-state index is -0.483. The van der Waals surface area contributed by atoms with Gasteiger partial charge in [0.15, 0.2) is 5.69 Å². The van der Waals surface area contributed by atoms with Gasteiger partial charge in [-0.2, -0.15) is 0 Å². The van der Waals surface area contributed by atoms with Crippen LogP contribution in [0, 0.1) is 6.92 Å². The van der Waals surface area contributed by atoms with Crippen molar-refractivity contribution in [2.75, 3.05) is 12.4 Å². The van der Waals surface area contributed by atoms with Crippen molar-refractivity contribution in [1.82, 2.24) is 10.2 Å². The lowest BCUT2D eigenvalue weighted by Gasteiger charge is -2.03. The monoisotopic (exact) mass is 263 g/mol.